The molecule has 2 atom stereocenters. The molecular weight excluding hydrogens is 295 g/mol. The molecular formula is C15H14BrFO. The molecule has 0 saturated heterocycles. The van der Waals surface area contributed by atoms with Gasteiger partial charge in [0.1, 0.15) is 5.82 Å². The van der Waals surface area contributed by atoms with Gasteiger partial charge in [-0.25, -0.2) is 4.39 Å². The van der Waals surface area contributed by atoms with E-state index >= 15 is 0 Å². The van der Waals surface area contributed by atoms with Gasteiger partial charge in [-0.05, 0) is 27.6 Å². The topological polar surface area (TPSA) is 20.2 Å². The first kappa shape index (κ1) is 13.2. The van der Waals surface area contributed by atoms with Crippen molar-refractivity contribution in [2.24, 2.45) is 0 Å². The monoisotopic (exact) mass is 308 g/mol. The van der Waals surface area contributed by atoms with Crippen LogP contribution in [0.25, 0.3) is 0 Å². The van der Waals surface area contributed by atoms with Crippen LogP contribution in [-0.4, -0.2) is 5.11 Å². The molecule has 0 spiro atoms. The Bertz CT molecular complexity index is 527. The lowest BCUT2D eigenvalue weighted by molar-refractivity contribution is 0.147. The van der Waals surface area contributed by atoms with Crippen molar-refractivity contribution in [3.8, 4) is 0 Å². The number of hydrogen-bond donors (Lipinski definition) is 1. The van der Waals surface area contributed by atoms with Crippen molar-refractivity contribution >= 4 is 15.9 Å². The summed E-state index contributed by atoms with van der Waals surface area (Å²) < 4.78 is 14.3. The fraction of sp³-hybridized carbons (Fsp3) is 0.200. The van der Waals surface area contributed by atoms with Crippen LogP contribution in [0.5, 0.6) is 0 Å². The second kappa shape index (κ2) is 5.63. The van der Waals surface area contributed by atoms with Gasteiger partial charge < -0.3 is 5.11 Å². The van der Waals surface area contributed by atoms with E-state index in [2.05, 4.69) is 15.9 Å². The zero-order valence-corrected chi connectivity index (χ0v) is 11.6. The van der Waals surface area contributed by atoms with Crippen molar-refractivity contribution in [3.05, 3.63) is 69.9 Å². The molecule has 1 N–H and O–H groups in total. The van der Waals surface area contributed by atoms with E-state index in [-0.39, 0.29) is 5.92 Å². The summed E-state index contributed by atoms with van der Waals surface area (Å²) in [6.07, 6.45) is -0.857. The molecule has 0 heterocycles. The Morgan fingerprint density at radius 2 is 1.72 bits per heavy atom. The normalized spacial score (nSPS) is 14.2. The predicted octanol–water partition coefficient (Wildman–Crippen LogP) is 4.43. The van der Waals surface area contributed by atoms with Crippen LogP contribution in [0.15, 0.2) is 53.0 Å². The Balaban J connectivity index is 2.31. The van der Waals surface area contributed by atoms with Crippen molar-refractivity contribution in [1.29, 1.82) is 0 Å². The molecule has 3 heteroatoms. The molecule has 2 unspecified atom stereocenters. The van der Waals surface area contributed by atoms with Gasteiger partial charge in [-0.3, -0.25) is 0 Å². The first-order valence-electron chi connectivity index (χ1n) is 5.78. The quantitative estimate of drug-likeness (QED) is 0.889. The van der Waals surface area contributed by atoms with E-state index in [9.17, 15) is 9.50 Å². The van der Waals surface area contributed by atoms with E-state index in [0.29, 0.717) is 10.0 Å². The summed E-state index contributed by atoms with van der Waals surface area (Å²) >= 11 is 3.13. The van der Waals surface area contributed by atoms with E-state index < -0.39 is 11.9 Å². The number of rotatable bonds is 3. The van der Waals surface area contributed by atoms with Gasteiger partial charge in [0.05, 0.1) is 10.6 Å². The Labute approximate surface area is 114 Å². The maximum absolute atomic E-state index is 13.9. The summed E-state index contributed by atoms with van der Waals surface area (Å²) in [7, 11) is 0. The smallest absolute Gasteiger partial charge is 0.143 e. The second-order valence-electron chi connectivity index (χ2n) is 4.29. The summed E-state index contributed by atoms with van der Waals surface area (Å²) in [6.45, 7) is 1.89. The lowest BCUT2D eigenvalue weighted by Crippen LogP contribution is -2.09. The van der Waals surface area contributed by atoms with Crippen LogP contribution in [-0.2, 0) is 0 Å². The van der Waals surface area contributed by atoms with Crippen LogP contribution in [0, 0.1) is 5.82 Å². The highest BCUT2D eigenvalue weighted by molar-refractivity contribution is 9.10. The molecule has 0 bridgehead atoms. The third-order valence-electron chi connectivity index (χ3n) is 3.10. The third kappa shape index (κ3) is 2.62. The Kier molecular flexibility index (Phi) is 4.15. The van der Waals surface area contributed by atoms with Gasteiger partial charge in [-0.1, -0.05) is 49.4 Å². The fourth-order valence-electron chi connectivity index (χ4n) is 1.96. The average Bonchev–Trinajstić information content (AvgIpc) is 2.41. The standard InChI is InChI=1S/C15H14BrFO/c1-10(11-6-3-2-4-7-11)15(18)12-8-5-9-13(16)14(12)17/h2-10,15,18H,1H3. The average molecular weight is 309 g/mol. The van der Waals surface area contributed by atoms with Gasteiger partial charge in [-0.2, -0.15) is 0 Å². The largest absolute Gasteiger partial charge is 0.388 e. The van der Waals surface area contributed by atoms with Crippen LogP contribution >= 0.6 is 15.9 Å². The predicted molar refractivity (Wildman–Crippen MR) is 73.9 cm³/mol. The Morgan fingerprint density at radius 3 is 2.39 bits per heavy atom. The second-order valence-corrected chi connectivity index (χ2v) is 5.14. The van der Waals surface area contributed by atoms with Crippen LogP contribution in [0.2, 0.25) is 0 Å². The summed E-state index contributed by atoms with van der Waals surface area (Å²) in [5.74, 6) is -0.553. The van der Waals surface area contributed by atoms with E-state index in [1.54, 1.807) is 18.2 Å². The van der Waals surface area contributed by atoms with Gasteiger partial charge >= 0.3 is 0 Å². The zero-order valence-electron chi connectivity index (χ0n) is 9.98. The van der Waals surface area contributed by atoms with Crippen molar-refractivity contribution in [2.75, 3.05) is 0 Å². The molecule has 94 valence electrons. The SMILES string of the molecule is CC(c1ccccc1)C(O)c1cccc(Br)c1F. The fourth-order valence-corrected chi connectivity index (χ4v) is 2.34. The number of aliphatic hydroxyl groups is 1. The third-order valence-corrected chi connectivity index (χ3v) is 3.71. The maximum Gasteiger partial charge on any atom is 0.143 e. The van der Waals surface area contributed by atoms with Crippen molar-refractivity contribution in [3.63, 3.8) is 0 Å². The molecule has 0 aliphatic rings. The maximum atomic E-state index is 13.9. The molecule has 0 aliphatic carbocycles. The highest BCUT2D eigenvalue weighted by Gasteiger charge is 2.21. The van der Waals surface area contributed by atoms with Crippen LogP contribution in [0.3, 0.4) is 0 Å². The number of benzene rings is 2. The number of aliphatic hydroxyl groups excluding tert-OH is 1. The Hall–Kier alpha value is -1.19. The minimum atomic E-state index is -0.857. The first-order valence-corrected chi connectivity index (χ1v) is 6.57. The van der Waals surface area contributed by atoms with Gasteiger partial charge in [0.25, 0.3) is 0 Å². The summed E-state index contributed by atoms with van der Waals surface area (Å²) in [5, 5.41) is 10.3. The number of halogens is 2. The lowest BCUT2D eigenvalue weighted by Gasteiger charge is -2.20. The van der Waals surface area contributed by atoms with E-state index in [4.69, 9.17) is 0 Å². The molecule has 0 fully saturated rings. The summed E-state index contributed by atoms with van der Waals surface area (Å²) in [6, 6.07) is 14.6. The lowest BCUT2D eigenvalue weighted by atomic mass is 9.91. The number of hydrogen-bond acceptors (Lipinski definition) is 1. The minimum Gasteiger partial charge on any atom is -0.388 e. The Morgan fingerprint density at radius 1 is 1.06 bits per heavy atom. The van der Waals surface area contributed by atoms with Crippen LogP contribution in [0.4, 0.5) is 4.39 Å². The van der Waals surface area contributed by atoms with Gasteiger partial charge in [0.15, 0.2) is 0 Å². The van der Waals surface area contributed by atoms with Crippen molar-refractivity contribution in [2.45, 2.75) is 18.9 Å². The molecule has 18 heavy (non-hydrogen) atoms. The molecule has 0 aromatic heterocycles. The molecule has 0 saturated carbocycles. The molecule has 0 radical (unpaired) electrons. The molecule has 0 amide bonds. The van der Waals surface area contributed by atoms with E-state index in [1.807, 2.05) is 37.3 Å². The molecule has 2 rings (SSSR count). The van der Waals surface area contributed by atoms with Crippen LogP contribution < -0.4 is 0 Å². The van der Waals surface area contributed by atoms with E-state index in [1.165, 1.54) is 0 Å². The first-order chi connectivity index (χ1) is 8.61. The summed E-state index contributed by atoms with van der Waals surface area (Å²) in [4.78, 5) is 0. The van der Waals surface area contributed by atoms with Crippen molar-refractivity contribution in [1.82, 2.24) is 0 Å². The summed E-state index contributed by atoms with van der Waals surface area (Å²) in [5.41, 5.74) is 1.31. The van der Waals surface area contributed by atoms with Crippen LogP contribution in [0.1, 0.15) is 30.1 Å². The van der Waals surface area contributed by atoms with Crippen molar-refractivity contribution < 1.29 is 9.50 Å². The van der Waals surface area contributed by atoms with Gasteiger partial charge in [-0.15, -0.1) is 0 Å². The van der Waals surface area contributed by atoms with E-state index in [0.717, 1.165) is 5.56 Å². The highest BCUT2D eigenvalue weighted by atomic mass is 79.9. The van der Waals surface area contributed by atoms with Gasteiger partial charge in [0, 0.05) is 11.5 Å². The van der Waals surface area contributed by atoms with Gasteiger partial charge in [0.2, 0.25) is 0 Å². The highest BCUT2D eigenvalue weighted by Crippen LogP contribution is 2.33. The molecule has 2 aromatic carbocycles. The minimum absolute atomic E-state index is 0.157. The molecule has 1 nitrogen and oxygen atoms in total. The zero-order chi connectivity index (χ0) is 13.1. The molecule has 0 aliphatic heterocycles. The molecule has 2 aromatic rings.